The van der Waals surface area contributed by atoms with Gasteiger partial charge >= 0.3 is 0 Å². The number of nitrogens with zero attached hydrogens (tertiary/aromatic N) is 1. The minimum atomic E-state index is -0.769. The zero-order valence-electron chi connectivity index (χ0n) is 13.0. The fourth-order valence-electron chi connectivity index (χ4n) is 2.96. The number of hydrogen-bond acceptors (Lipinski definition) is 3. The molecule has 3 nitrogen and oxygen atoms in total. The highest BCUT2D eigenvalue weighted by molar-refractivity contribution is 6.17. The van der Waals surface area contributed by atoms with Crippen LogP contribution in [0.5, 0.6) is 0 Å². The fourth-order valence-corrected chi connectivity index (χ4v) is 3.09. The summed E-state index contributed by atoms with van der Waals surface area (Å²) in [4.78, 5) is 0. The van der Waals surface area contributed by atoms with E-state index >= 15 is 0 Å². The summed E-state index contributed by atoms with van der Waals surface area (Å²) in [5.41, 5.74) is 3.29. The molecule has 0 radical (unpaired) electrons. The van der Waals surface area contributed by atoms with Crippen LogP contribution in [0.25, 0.3) is 0 Å². The summed E-state index contributed by atoms with van der Waals surface area (Å²) in [6.45, 7) is 4.59. The van der Waals surface area contributed by atoms with Crippen molar-refractivity contribution in [1.29, 1.82) is 0 Å². The van der Waals surface area contributed by atoms with Gasteiger partial charge in [0.15, 0.2) is 0 Å². The van der Waals surface area contributed by atoms with Crippen molar-refractivity contribution < 1.29 is 13.9 Å². The summed E-state index contributed by atoms with van der Waals surface area (Å²) in [5.74, 6) is -0.655. The Hall–Kier alpha value is -0.750. The standard InChI is InChI=1S/C16H23ClF2N2O/c1-16(2,5-3-6-17)15(22)21-14(4-7-20-21)11-8-12(18)10-13(19)9-11/h8-10,14-15,20,22H,3-7H2,1-2H3. The first kappa shape index (κ1) is 17.6. The van der Waals surface area contributed by atoms with E-state index in [2.05, 4.69) is 5.43 Å². The van der Waals surface area contributed by atoms with Gasteiger partial charge in [-0.25, -0.2) is 13.8 Å². The predicted molar refractivity (Wildman–Crippen MR) is 83.3 cm³/mol. The molecule has 1 fully saturated rings. The molecule has 2 unspecified atom stereocenters. The van der Waals surface area contributed by atoms with Crippen LogP contribution < -0.4 is 5.43 Å². The first-order valence-corrected chi connectivity index (χ1v) is 8.10. The van der Waals surface area contributed by atoms with E-state index in [0.29, 0.717) is 24.4 Å². The number of aliphatic hydroxyl groups is 1. The first-order chi connectivity index (χ1) is 10.3. The van der Waals surface area contributed by atoms with Crippen molar-refractivity contribution in [1.82, 2.24) is 10.4 Å². The van der Waals surface area contributed by atoms with Crippen molar-refractivity contribution in [3.05, 3.63) is 35.4 Å². The maximum absolute atomic E-state index is 13.5. The molecule has 2 atom stereocenters. The molecule has 2 N–H and O–H groups in total. The van der Waals surface area contributed by atoms with E-state index < -0.39 is 17.9 Å². The quantitative estimate of drug-likeness (QED) is 0.782. The Labute approximate surface area is 135 Å². The van der Waals surface area contributed by atoms with Crippen LogP contribution in [0.1, 0.15) is 44.7 Å². The highest BCUT2D eigenvalue weighted by Gasteiger charge is 2.39. The van der Waals surface area contributed by atoms with E-state index in [4.69, 9.17) is 11.6 Å². The fraction of sp³-hybridized carbons (Fsp3) is 0.625. The van der Waals surface area contributed by atoms with Crippen LogP contribution in [0.15, 0.2) is 18.2 Å². The van der Waals surface area contributed by atoms with Gasteiger partial charge in [0.05, 0.1) is 6.04 Å². The molecular weight excluding hydrogens is 310 g/mol. The second kappa shape index (κ2) is 7.21. The Morgan fingerprint density at radius 2 is 2.00 bits per heavy atom. The Balaban J connectivity index is 2.19. The molecular formula is C16H23ClF2N2O. The summed E-state index contributed by atoms with van der Waals surface area (Å²) in [6, 6.07) is 3.26. The molecule has 1 aliphatic heterocycles. The van der Waals surface area contributed by atoms with Crippen molar-refractivity contribution in [2.75, 3.05) is 12.4 Å². The van der Waals surface area contributed by atoms with Gasteiger partial charge in [-0.2, -0.15) is 0 Å². The molecule has 0 spiro atoms. The van der Waals surface area contributed by atoms with Crippen LogP contribution in [-0.4, -0.2) is 28.8 Å². The molecule has 1 heterocycles. The minimum Gasteiger partial charge on any atom is -0.377 e. The van der Waals surface area contributed by atoms with Crippen LogP contribution in [0.4, 0.5) is 8.78 Å². The number of hydrogen-bond donors (Lipinski definition) is 2. The van der Waals surface area contributed by atoms with Crippen molar-refractivity contribution in [2.45, 2.75) is 45.4 Å². The largest absolute Gasteiger partial charge is 0.377 e. The molecule has 6 heteroatoms. The third-order valence-electron chi connectivity index (χ3n) is 4.23. The number of aliphatic hydroxyl groups excluding tert-OH is 1. The normalized spacial score (nSPS) is 21.3. The summed E-state index contributed by atoms with van der Waals surface area (Å²) < 4.78 is 26.9. The SMILES string of the molecule is CC(C)(CCCCl)C(O)N1NCCC1c1cc(F)cc(F)c1. The first-order valence-electron chi connectivity index (χ1n) is 7.57. The molecule has 1 aromatic carbocycles. The molecule has 124 valence electrons. The van der Waals surface area contributed by atoms with Gasteiger partial charge in [-0.05, 0) is 37.0 Å². The van der Waals surface area contributed by atoms with Crippen molar-refractivity contribution in [2.24, 2.45) is 5.41 Å². The van der Waals surface area contributed by atoms with Gasteiger partial charge in [-0.15, -0.1) is 11.6 Å². The topological polar surface area (TPSA) is 35.5 Å². The molecule has 2 rings (SSSR count). The highest BCUT2D eigenvalue weighted by atomic mass is 35.5. The van der Waals surface area contributed by atoms with Crippen molar-refractivity contribution >= 4 is 11.6 Å². The average molecular weight is 333 g/mol. The van der Waals surface area contributed by atoms with Gasteiger partial charge < -0.3 is 5.11 Å². The van der Waals surface area contributed by atoms with Crippen LogP contribution in [0, 0.1) is 17.0 Å². The van der Waals surface area contributed by atoms with E-state index in [9.17, 15) is 13.9 Å². The molecule has 0 amide bonds. The monoisotopic (exact) mass is 332 g/mol. The zero-order valence-corrected chi connectivity index (χ0v) is 13.7. The summed E-state index contributed by atoms with van der Waals surface area (Å²) >= 11 is 5.74. The number of halogens is 3. The number of nitrogens with one attached hydrogen (secondary N) is 1. The molecule has 0 bridgehead atoms. The Kier molecular flexibility index (Phi) is 5.77. The lowest BCUT2D eigenvalue weighted by Crippen LogP contribution is -2.49. The number of hydrazine groups is 1. The summed E-state index contributed by atoms with van der Waals surface area (Å²) in [5, 5.41) is 12.4. The van der Waals surface area contributed by atoms with E-state index in [0.717, 1.165) is 18.9 Å². The third kappa shape index (κ3) is 3.96. The summed E-state index contributed by atoms with van der Waals surface area (Å²) in [7, 11) is 0. The van der Waals surface area contributed by atoms with Gasteiger partial charge in [-0.1, -0.05) is 13.8 Å². The lowest BCUT2D eigenvalue weighted by molar-refractivity contribution is -0.111. The third-order valence-corrected chi connectivity index (χ3v) is 4.50. The van der Waals surface area contributed by atoms with Gasteiger partial charge in [0.25, 0.3) is 0 Å². The average Bonchev–Trinajstić information content (AvgIpc) is 2.92. The van der Waals surface area contributed by atoms with Gasteiger partial charge in [0.2, 0.25) is 0 Å². The smallest absolute Gasteiger partial charge is 0.126 e. The lowest BCUT2D eigenvalue weighted by Gasteiger charge is -2.39. The van der Waals surface area contributed by atoms with E-state index in [1.807, 2.05) is 13.8 Å². The van der Waals surface area contributed by atoms with Crippen molar-refractivity contribution in [3.8, 4) is 0 Å². The molecule has 1 saturated heterocycles. The molecule has 1 aromatic rings. The van der Waals surface area contributed by atoms with Crippen LogP contribution in [-0.2, 0) is 0 Å². The Bertz CT molecular complexity index is 493. The van der Waals surface area contributed by atoms with E-state index in [-0.39, 0.29) is 11.5 Å². The molecule has 0 aliphatic carbocycles. The maximum Gasteiger partial charge on any atom is 0.126 e. The van der Waals surface area contributed by atoms with Gasteiger partial charge in [-0.3, -0.25) is 5.43 Å². The zero-order chi connectivity index (χ0) is 16.3. The molecule has 1 aliphatic rings. The van der Waals surface area contributed by atoms with E-state index in [1.165, 1.54) is 12.1 Å². The molecule has 22 heavy (non-hydrogen) atoms. The molecule has 0 aromatic heterocycles. The molecule has 0 saturated carbocycles. The lowest BCUT2D eigenvalue weighted by atomic mass is 9.85. The number of rotatable bonds is 6. The Morgan fingerprint density at radius 1 is 1.36 bits per heavy atom. The Morgan fingerprint density at radius 3 is 2.59 bits per heavy atom. The van der Waals surface area contributed by atoms with Gasteiger partial charge in [0.1, 0.15) is 17.9 Å². The summed E-state index contributed by atoms with van der Waals surface area (Å²) in [6.07, 6.45) is 1.49. The number of benzene rings is 1. The van der Waals surface area contributed by atoms with Gasteiger partial charge in [0, 0.05) is 23.9 Å². The van der Waals surface area contributed by atoms with Crippen molar-refractivity contribution in [3.63, 3.8) is 0 Å². The van der Waals surface area contributed by atoms with Crippen LogP contribution in [0.2, 0.25) is 0 Å². The van der Waals surface area contributed by atoms with E-state index in [1.54, 1.807) is 5.01 Å². The second-order valence-corrected chi connectivity index (χ2v) is 6.86. The highest BCUT2D eigenvalue weighted by Crippen LogP contribution is 2.36. The number of alkyl halides is 1. The maximum atomic E-state index is 13.5. The van der Waals surface area contributed by atoms with Crippen LogP contribution >= 0.6 is 11.6 Å². The predicted octanol–water partition coefficient (Wildman–Crippen LogP) is 3.58. The van der Waals surface area contributed by atoms with Crippen LogP contribution in [0.3, 0.4) is 0 Å². The second-order valence-electron chi connectivity index (χ2n) is 6.48. The minimum absolute atomic E-state index is 0.254.